The Morgan fingerprint density at radius 3 is 1.95 bits per heavy atom. The minimum absolute atomic E-state index is 0.0832. The fourth-order valence-corrected chi connectivity index (χ4v) is 4.60. The van der Waals surface area contributed by atoms with Gasteiger partial charge in [-0.25, -0.2) is 0 Å². The number of hydrogen-bond acceptors (Lipinski definition) is 2. The summed E-state index contributed by atoms with van der Waals surface area (Å²) in [5.74, 6) is 0.628. The Morgan fingerprint density at radius 1 is 0.909 bits per heavy atom. The van der Waals surface area contributed by atoms with Crippen LogP contribution in [0.4, 0.5) is 0 Å². The van der Waals surface area contributed by atoms with E-state index in [1.165, 1.54) is 77.0 Å². The van der Waals surface area contributed by atoms with Gasteiger partial charge < -0.3 is 4.74 Å². The van der Waals surface area contributed by atoms with E-state index >= 15 is 0 Å². The maximum atomic E-state index is 13.0. The fourth-order valence-electron chi connectivity index (χ4n) is 4.60. The highest BCUT2D eigenvalue weighted by molar-refractivity contribution is 5.77. The summed E-state index contributed by atoms with van der Waals surface area (Å²) in [5, 5.41) is 0. The highest BCUT2D eigenvalue weighted by Gasteiger charge is 2.45. The molecule has 0 aliphatic heterocycles. The summed E-state index contributed by atoms with van der Waals surface area (Å²) in [6.45, 7) is 4.07. The average Bonchev–Trinajstić information content (AvgIpc) is 2.45. The molecule has 2 nitrogen and oxygen atoms in total. The van der Waals surface area contributed by atoms with Gasteiger partial charge in [-0.3, -0.25) is 4.79 Å². The second-order valence-electron chi connectivity index (χ2n) is 7.35. The first-order valence-electron chi connectivity index (χ1n) is 9.58. The highest BCUT2D eigenvalue weighted by Crippen LogP contribution is 2.47. The molecule has 0 bridgehead atoms. The number of rotatable bonds is 4. The molecule has 2 heteroatoms. The van der Waals surface area contributed by atoms with Gasteiger partial charge in [-0.15, -0.1) is 0 Å². The Balaban J connectivity index is 2.16. The summed E-state index contributed by atoms with van der Waals surface area (Å²) in [7, 11) is 0. The highest BCUT2D eigenvalue weighted by atomic mass is 16.5. The standard InChI is InChI=1S/C20H34O2/c1-2-17-22-19(21)20(15-11-7-4-8-12-16-20)18-13-9-5-3-6-10-14-18/h2,18H,1,3-17H2. The van der Waals surface area contributed by atoms with Crippen LogP contribution in [0.15, 0.2) is 12.7 Å². The van der Waals surface area contributed by atoms with E-state index in [9.17, 15) is 4.79 Å². The SMILES string of the molecule is C=CCOC(=O)C1(C2CCCCCCC2)CCCCCCC1. The molecule has 2 aliphatic carbocycles. The molecule has 0 spiro atoms. The predicted molar refractivity (Wildman–Crippen MR) is 91.7 cm³/mol. The Hall–Kier alpha value is -0.790. The zero-order valence-corrected chi connectivity index (χ0v) is 14.3. The van der Waals surface area contributed by atoms with Crippen LogP contribution < -0.4 is 0 Å². The van der Waals surface area contributed by atoms with E-state index in [0.717, 1.165) is 12.8 Å². The van der Waals surface area contributed by atoms with Crippen molar-refractivity contribution in [2.45, 2.75) is 89.9 Å². The number of hydrogen-bond donors (Lipinski definition) is 0. The molecule has 126 valence electrons. The average molecular weight is 306 g/mol. The molecule has 2 saturated carbocycles. The molecule has 0 radical (unpaired) electrons. The zero-order chi connectivity index (χ0) is 15.7. The third-order valence-electron chi connectivity index (χ3n) is 5.87. The fraction of sp³-hybridized carbons (Fsp3) is 0.850. The maximum Gasteiger partial charge on any atom is 0.312 e. The van der Waals surface area contributed by atoms with E-state index in [1.807, 2.05) is 0 Å². The van der Waals surface area contributed by atoms with Crippen LogP contribution in [0.25, 0.3) is 0 Å². The summed E-state index contributed by atoms with van der Waals surface area (Å²) in [5.41, 5.74) is -0.194. The molecule has 0 heterocycles. The van der Waals surface area contributed by atoms with Crippen molar-refractivity contribution in [3.05, 3.63) is 12.7 Å². The van der Waals surface area contributed by atoms with E-state index in [2.05, 4.69) is 6.58 Å². The van der Waals surface area contributed by atoms with E-state index in [-0.39, 0.29) is 11.4 Å². The van der Waals surface area contributed by atoms with E-state index in [4.69, 9.17) is 4.74 Å². The molecule has 0 amide bonds. The van der Waals surface area contributed by atoms with Gasteiger partial charge >= 0.3 is 5.97 Å². The number of ether oxygens (including phenoxy) is 1. The first-order valence-corrected chi connectivity index (χ1v) is 9.58. The van der Waals surface area contributed by atoms with Crippen LogP contribution in [0.3, 0.4) is 0 Å². The number of carbonyl (C=O) groups is 1. The van der Waals surface area contributed by atoms with Gasteiger partial charge in [0, 0.05) is 0 Å². The first kappa shape index (κ1) is 17.6. The summed E-state index contributed by atoms with van der Waals surface area (Å²) in [6, 6.07) is 0. The van der Waals surface area contributed by atoms with Crippen molar-refractivity contribution in [2.24, 2.45) is 11.3 Å². The molecule has 0 unspecified atom stereocenters. The predicted octanol–water partition coefficient (Wildman–Crippen LogP) is 5.81. The van der Waals surface area contributed by atoms with Gasteiger partial charge in [0.25, 0.3) is 0 Å². The Bertz CT molecular complexity index is 332. The van der Waals surface area contributed by atoms with Gasteiger partial charge in [-0.1, -0.05) is 76.9 Å². The summed E-state index contributed by atoms with van der Waals surface area (Å²) >= 11 is 0. The number of carbonyl (C=O) groups excluding carboxylic acids is 1. The van der Waals surface area contributed by atoms with Crippen molar-refractivity contribution in [3.8, 4) is 0 Å². The van der Waals surface area contributed by atoms with Crippen LogP contribution >= 0.6 is 0 Å². The second kappa shape index (κ2) is 9.37. The van der Waals surface area contributed by atoms with Gasteiger partial charge in [0.1, 0.15) is 6.61 Å². The molecule has 0 aromatic carbocycles. The number of esters is 1. The largest absolute Gasteiger partial charge is 0.461 e. The second-order valence-corrected chi connectivity index (χ2v) is 7.35. The van der Waals surface area contributed by atoms with Crippen molar-refractivity contribution in [1.82, 2.24) is 0 Å². The monoisotopic (exact) mass is 306 g/mol. The molecular formula is C20H34O2. The third-order valence-corrected chi connectivity index (χ3v) is 5.87. The molecule has 2 fully saturated rings. The minimum Gasteiger partial charge on any atom is -0.461 e. The van der Waals surface area contributed by atoms with Crippen LogP contribution in [-0.2, 0) is 9.53 Å². The third kappa shape index (κ3) is 4.60. The van der Waals surface area contributed by atoms with Crippen molar-refractivity contribution in [1.29, 1.82) is 0 Å². The molecule has 0 saturated heterocycles. The Kier molecular flexibility index (Phi) is 7.48. The Morgan fingerprint density at radius 2 is 1.41 bits per heavy atom. The van der Waals surface area contributed by atoms with Crippen molar-refractivity contribution in [2.75, 3.05) is 6.61 Å². The van der Waals surface area contributed by atoms with Crippen molar-refractivity contribution < 1.29 is 9.53 Å². The van der Waals surface area contributed by atoms with Crippen molar-refractivity contribution in [3.63, 3.8) is 0 Å². The summed E-state index contributed by atoms with van der Waals surface area (Å²) < 4.78 is 5.60. The molecule has 0 aromatic rings. The molecule has 0 aromatic heterocycles. The van der Waals surface area contributed by atoms with E-state index < -0.39 is 0 Å². The van der Waals surface area contributed by atoms with Gasteiger partial charge in [0.05, 0.1) is 5.41 Å². The normalized spacial score (nSPS) is 24.4. The molecule has 22 heavy (non-hydrogen) atoms. The van der Waals surface area contributed by atoms with Gasteiger partial charge in [0.2, 0.25) is 0 Å². The maximum absolute atomic E-state index is 13.0. The lowest BCUT2D eigenvalue weighted by Crippen LogP contribution is -2.41. The van der Waals surface area contributed by atoms with Crippen LogP contribution in [0, 0.1) is 11.3 Å². The summed E-state index contributed by atoms with van der Waals surface area (Å²) in [4.78, 5) is 13.0. The lowest BCUT2D eigenvalue weighted by molar-refractivity contribution is -0.161. The lowest BCUT2D eigenvalue weighted by atomic mass is 9.64. The quantitative estimate of drug-likeness (QED) is 0.484. The van der Waals surface area contributed by atoms with E-state index in [1.54, 1.807) is 6.08 Å². The molecular weight excluding hydrogens is 272 g/mol. The minimum atomic E-state index is -0.194. The first-order chi connectivity index (χ1) is 10.8. The van der Waals surface area contributed by atoms with Crippen LogP contribution in [0.5, 0.6) is 0 Å². The van der Waals surface area contributed by atoms with E-state index in [0.29, 0.717) is 12.5 Å². The summed E-state index contributed by atoms with van der Waals surface area (Å²) in [6.07, 6.45) is 19.2. The molecule has 0 atom stereocenters. The van der Waals surface area contributed by atoms with Crippen LogP contribution in [0.2, 0.25) is 0 Å². The smallest absolute Gasteiger partial charge is 0.312 e. The van der Waals surface area contributed by atoms with Gasteiger partial charge in [-0.05, 0) is 31.6 Å². The van der Waals surface area contributed by atoms with Gasteiger partial charge in [0.15, 0.2) is 0 Å². The van der Waals surface area contributed by atoms with Crippen molar-refractivity contribution >= 4 is 5.97 Å². The molecule has 0 N–H and O–H groups in total. The van der Waals surface area contributed by atoms with Crippen LogP contribution in [-0.4, -0.2) is 12.6 Å². The van der Waals surface area contributed by atoms with Crippen LogP contribution in [0.1, 0.15) is 89.9 Å². The Labute approximate surface area is 136 Å². The van der Waals surface area contributed by atoms with Gasteiger partial charge in [-0.2, -0.15) is 0 Å². The lowest BCUT2D eigenvalue weighted by Gasteiger charge is -2.41. The zero-order valence-electron chi connectivity index (χ0n) is 14.3. The molecule has 2 rings (SSSR count). The molecule has 2 aliphatic rings. The topological polar surface area (TPSA) is 26.3 Å².